The first-order chi connectivity index (χ1) is 12.3. The van der Waals surface area contributed by atoms with E-state index in [4.69, 9.17) is 0 Å². The van der Waals surface area contributed by atoms with Gasteiger partial charge in [0.25, 0.3) is 5.91 Å². The van der Waals surface area contributed by atoms with Gasteiger partial charge < -0.3 is 0 Å². The molecular weight excluding hydrogens is 320 g/mol. The van der Waals surface area contributed by atoms with Crippen LogP contribution in [0.2, 0.25) is 0 Å². The molecule has 3 nitrogen and oxygen atoms in total. The predicted molar refractivity (Wildman–Crippen MR) is 110 cm³/mol. The number of nitrogens with one attached hydrogen (secondary N) is 1. The number of carbonyl (C=O) groups excluding carboxylic acids is 1. The van der Waals surface area contributed by atoms with E-state index < -0.39 is 0 Å². The largest absolute Gasteiger partial charge is 0.280 e. The van der Waals surface area contributed by atoms with Gasteiger partial charge in [0, 0.05) is 5.56 Å². The molecule has 0 saturated heterocycles. The van der Waals surface area contributed by atoms with Gasteiger partial charge in [0.1, 0.15) is 0 Å². The van der Waals surface area contributed by atoms with Crippen molar-refractivity contribution < 1.29 is 4.79 Å². The molecule has 0 aromatic heterocycles. The number of aryl methyl sites for hydroxylation is 2. The van der Waals surface area contributed by atoms with E-state index in [1.54, 1.807) is 0 Å². The molecule has 1 N–H and O–H groups in total. The van der Waals surface area contributed by atoms with Crippen molar-refractivity contribution in [1.29, 1.82) is 0 Å². The highest BCUT2D eigenvalue weighted by molar-refractivity contribution is 6.07. The standard InChI is InChI=1S/C23H26N2O/c1-16-13-17(2)15-19(14-16)25(23(3,4)5)24-22(26)21-12-8-10-18-9-6-7-11-20(18)21/h6-15H,1-5H3,(H,24,26). The fourth-order valence-corrected chi connectivity index (χ4v) is 3.28. The van der Waals surface area contributed by atoms with Gasteiger partial charge in [-0.05, 0) is 74.7 Å². The van der Waals surface area contributed by atoms with Gasteiger partial charge in [-0.15, -0.1) is 0 Å². The van der Waals surface area contributed by atoms with Crippen LogP contribution in [0.15, 0.2) is 60.7 Å². The number of hydrogen-bond donors (Lipinski definition) is 1. The van der Waals surface area contributed by atoms with Crippen LogP contribution < -0.4 is 10.4 Å². The molecule has 0 fully saturated rings. The van der Waals surface area contributed by atoms with Crippen LogP contribution >= 0.6 is 0 Å². The minimum atomic E-state index is -0.263. The zero-order chi connectivity index (χ0) is 18.9. The lowest BCUT2D eigenvalue weighted by atomic mass is 10.0. The summed E-state index contributed by atoms with van der Waals surface area (Å²) in [6.07, 6.45) is 0. The number of fused-ring (bicyclic) bond motifs is 1. The summed E-state index contributed by atoms with van der Waals surface area (Å²) in [5.41, 5.74) is 6.89. The lowest BCUT2D eigenvalue weighted by Crippen LogP contribution is -2.53. The molecule has 0 heterocycles. The van der Waals surface area contributed by atoms with E-state index in [9.17, 15) is 4.79 Å². The number of carbonyl (C=O) groups is 1. The van der Waals surface area contributed by atoms with Crippen LogP contribution in [0.1, 0.15) is 42.3 Å². The highest BCUT2D eigenvalue weighted by atomic mass is 16.2. The zero-order valence-electron chi connectivity index (χ0n) is 16.1. The summed E-state index contributed by atoms with van der Waals surface area (Å²) < 4.78 is 0. The Hall–Kier alpha value is -2.81. The van der Waals surface area contributed by atoms with E-state index in [0.717, 1.165) is 16.5 Å². The van der Waals surface area contributed by atoms with Gasteiger partial charge in [0.2, 0.25) is 0 Å². The van der Waals surface area contributed by atoms with Gasteiger partial charge in [-0.1, -0.05) is 42.5 Å². The van der Waals surface area contributed by atoms with Gasteiger partial charge in [0.15, 0.2) is 0 Å². The lowest BCUT2D eigenvalue weighted by Gasteiger charge is -2.38. The Balaban J connectivity index is 2.00. The topological polar surface area (TPSA) is 32.3 Å². The Morgan fingerprint density at radius 3 is 2.15 bits per heavy atom. The maximum atomic E-state index is 13.1. The van der Waals surface area contributed by atoms with Crippen molar-refractivity contribution >= 4 is 22.4 Å². The molecule has 3 rings (SSSR count). The fourth-order valence-electron chi connectivity index (χ4n) is 3.28. The number of amides is 1. The monoisotopic (exact) mass is 346 g/mol. The van der Waals surface area contributed by atoms with Crippen LogP contribution in [-0.4, -0.2) is 11.4 Å². The maximum Gasteiger partial charge on any atom is 0.270 e. The number of hydrazine groups is 1. The first-order valence-electron chi connectivity index (χ1n) is 8.93. The molecule has 0 aliphatic rings. The fraction of sp³-hybridized carbons (Fsp3) is 0.261. The summed E-state index contributed by atoms with van der Waals surface area (Å²) in [6.45, 7) is 10.4. The van der Waals surface area contributed by atoms with Crippen molar-refractivity contribution in [3.8, 4) is 0 Å². The molecule has 0 atom stereocenters. The van der Waals surface area contributed by atoms with E-state index in [2.05, 4.69) is 58.2 Å². The van der Waals surface area contributed by atoms with Crippen LogP contribution in [0.4, 0.5) is 5.69 Å². The molecule has 0 spiro atoms. The Morgan fingerprint density at radius 1 is 0.885 bits per heavy atom. The second-order valence-electron chi connectivity index (χ2n) is 7.82. The highest BCUT2D eigenvalue weighted by Crippen LogP contribution is 2.25. The average molecular weight is 346 g/mol. The van der Waals surface area contributed by atoms with Gasteiger partial charge in [0.05, 0.1) is 11.2 Å². The molecule has 0 aliphatic heterocycles. The van der Waals surface area contributed by atoms with E-state index in [1.165, 1.54) is 11.1 Å². The Morgan fingerprint density at radius 2 is 1.50 bits per heavy atom. The Kier molecular flexibility index (Phi) is 4.73. The van der Waals surface area contributed by atoms with Crippen molar-refractivity contribution in [2.45, 2.75) is 40.2 Å². The minimum absolute atomic E-state index is 0.101. The predicted octanol–water partition coefficient (Wildman–Crippen LogP) is 5.41. The molecule has 3 aromatic rings. The number of rotatable bonds is 3. The second-order valence-corrected chi connectivity index (χ2v) is 7.82. The van der Waals surface area contributed by atoms with E-state index >= 15 is 0 Å². The first-order valence-corrected chi connectivity index (χ1v) is 8.93. The van der Waals surface area contributed by atoms with Gasteiger partial charge in [-0.3, -0.25) is 15.2 Å². The number of benzene rings is 3. The van der Waals surface area contributed by atoms with Gasteiger partial charge in [-0.2, -0.15) is 0 Å². The van der Waals surface area contributed by atoms with E-state index in [-0.39, 0.29) is 11.4 Å². The molecule has 1 amide bonds. The number of anilines is 1. The zero-order valence-corrected chi connectivity index (χ0v) is 16.1. The van der Waals surface area contributed by atoms with Crippen molar-refractivity contribution in [3.63, 3.8) is 0 Å². The molecule has 0 radical (unpaired) electrons. The third kappa shape index (κ3) is 3.72. The number of hydrogen-bond acceptors (Lipinski definition) is 2. The molecule has 26 heavy (non-hydrogen) atoms. The summed E-state index contributed by atoms with van der Waals surface area (Å²) in [7, 11) is 0. The summed E-state index contributed by atoms with van der Waals surface area (Å²) in [4.78, 5) is 13.1. The van der Waals surface area contributed by atoms with E-state index in [1.807, 2.05) is 47.5 Å². The molecule has 3 aromatic carbocycles. The third-order valence-electron chi connectivity index (χ3n) is 4.38. The molecule has 0 aliphatic carbocycles. The highest BCUT2D eigenvalue weighted by Gasteiger charge is 2.25. The van der Waals surface area contributed by atoms with Crippen molar-refractivity contribution in [2.75, 3.05) is 5.01 Å². The van der Waals surface area contributed by atoms with Crippen LogP contribution in [0.25, 0.3) is 10.8 Å². The molecule has 134 valence electrons. The minimum Gasteiger partial charge on any atom is -0.280 e. The molecule has 0 saturated carbocycles. The Labute approximate surface area is 155 Å². The smallest absolute Gasteiger partial charge is 0.270 e. The molecule has 3 heteroatoms. The van der Waals surface area contributed by atoms with Gasteiger partial charge in [-0.25, -0.2) is 0 Å². The summed E-state index contributed by atoms with van der Waals surface area (Å²) in [5, 5.41) is 3.98. The quantitative estimate of drug-likeness (QED) is 0.643. The first kappa shape index (κ1) is 18.0. The normalized spacial score (nSPS) is 11.4. The van der Waals surface area contributed by atoms with Crippen molar-refractivity contribution in [1.82, 2.24) is 5.43 Å². The SMILES string of the molecule is Cc1cc(C)cc(N(NC(=O)c2cccc3ccccc23)C(C)(C)C)c1. The van der Waals surface area contributed by atoms with Crippen molar-refractivity contribution in [2.24, 2.45) is 0 Å². The van der Waals surface area contributed by atoms with Gasteiger partial charge >= 0.3 is 0 Å². The summed E-state index contributed by atoms with van der Waals surface area (Å²) in [5.74, 6) is -0.101. The van der Waals surface area contributed by atoms with Crippen LogP contribution in [0.5, 0.6) is 0 Å². The van der Waals surface area contributed by atoms with Crippen LogP contribution in [-0.2, 0) is 0 Å². The molecule has 0 unspecified atom stereocenters. The molecule has 0 bridgehead atoms. The Bertz CT molecular complexity index is 928. The number of nitrogens with zero attached hydrogens (tertiary/aromatic N) is 1. The van der Waals surface area contributed by atoms with Crippen LogP contribution in [0, 0.1) is 13.8 Å². The second kappa shape index (κ2) is 6.83. The lowest BCUT2D eigenvalue weighted by molar-refractivity contribution is 0.0940. The maximum absolute atomic E-state index is 13.1. The summed E-state index contributed by atoms with van der Waals surface area (Å²) in [6, 6.07) is 20.1. The third-order valence-corrected chi connectivity index (χ3v) is 4.38. The van der Waals surface area contributed by atoms with Crippen molar-refractivity contribution in [3.05, 3.63) is 77.4 Å². The average Bonchev–Trinajstić information content (AvgIpc) is 2.57. The molecular formula is C23H26N2O. The van der Waals surface area contributed by atoms with E-state index in [0.29, 0.717) is 5.56 Å². The summed E-state index contributed by atoms with van der Waals surface area (Å²) >= 11 is 0. The van der Waals surface area contributed by atoms with Crippen LogP contribution in [0.3, 0.4) is 0 Å².